The molecule has 4 nitrogen and oxygen atoms in total. The van der Waals surface area contributed by atoms with Gasteiger partial charge in [0.1, 0.15) is 5.69 Å². The third-order valence-electron chi connectivity index (χ3n) is 3.57. The second kappa shape index (κ2) is 5.64. The van der Waals surface area contributed by atoms with Crippen LogP contribution >= 0.6 is 0 Å². The Morgan fingerprint density at radius 2 is 1.72 bits per heavy atom. The van der Waals surface area contributed by atoms with Gasteiger partial charge >= 0.3 is 12.4 Å². The molecule has 0 saturated heterocycles. The number of aromatic nitrogens is 3. The van der Waals surface area contributed by atoms with Crippen LogP contribution in [-0.2, 0) is 12.6 Å². The molecule has 2 N–H and O–H groups in total. The van der Waals surface area contributed by atoms with Crippen LogP contribution in [0.1, 0.15) is 11.1 Å². The molecule has 0 aliphatic carbocycles. The Kier molecular flexibility index (Phi) is 3.85. The van der Waals surface area contributed by atoms with E-state index in [-0.39, 0.29) is 17.2 Å². The van der Waals surface area contributed by atoms with E-state index in [9.17, 15) is 26.3 Å². The van der Waals surface area contributed by atoms with Crippen LogP contribution in [0.3, 0.4) is 0 Å². The van der Waals surface area contributed by atoms with Gasteiger partial charge in [0, 0.05) is 11.8 Å². The average molecular weight is 360 g/mol. The molecule has 0 bridgehead atoms. The summed E-state index contributed by atoms with van der Waals surface area (Å²) in [5, 5.41) is 7.44. The van der Waals surface area contributed by atoms with Gasteiger partial charge in [-0.2, -0.15) is 26.3 Å². The second-order valence-corrected chi connectivity index (χ2v) is 5.33. The summed E-state index contributed by atoms with van der Waals surface area (Å²) < 4.78 is 78.5. The van der Waals surface area contributed by atoms with Gasteiger partial charge in [0.15, 0.2) is 0 Å². The predicted octanol–water partition coefficient (Wildman–Crippen LogP) is 4.10. The van der Waals surface area contributed by atoms with Gasteiger partial charge in [0.05, 0.1) is 17.5 Å². The van der Waals surface area contributed by atoms with Crippen LogP contribution in [0.2, 0.25) is 0 Å². The lowest BCUT2D eigenvalue weighted by Gasteiger charge is -2.15. The van der Waals surface area contributed by atoms with Gasteiger partial charge in [0.25, 0.3) is 0 Å². The van der Waals surface area contributed by atoms with Gasteiger partial charge in [-0.25, -0.2) is 0 Å². The highest BCUT2D eigenvalue weighted by Gasteiger charge is 2.34. The summed E-state index contributed by atoms with van der Waals surface area (Å²) in [4.78, 5) is 0. The van der Waals surface area contributed by atoms with E-state index in [0.29, 0.717) is 17.6 Å². The Morgan fingerprint density at radius 1 is 1.00 bits per heavy atom. The Labute approximate surface area is 136 Å². The van der Waals surface area contributed by atoms with Gasteiger partial charge in [-0.15, -0.1) is 10.2 Å². The molecule has 132 valence electrons. The summed E-state index contributed by atoms with van der Waals surface area (Å²) in [5.41, 5.74) is 4.21. The minimum absolute atomic E-state index is 0.00744. The number of nitrogen functional groups attached to an aromatic ring is 1. The molecule has 0 amide bonds. The van der Waals surface area contributed by atoms with Gasteiger partial charge in [-0.3, -0.25) is 4.40 Å². The third-order valence-corrected chi connectivity index (χ3v) is 3.57. The lowest BCUT2D eigenvalue weighted by molar-refractivity contribution is -0.138. The van der Waals surface area contributed by atoms with Gasteiger partial charge in [-0.1, -0.05) is 6.07 Å². The SMILES string of the molecule is Nc1nnc(-c2ccc(C(F)(F)F)cc2CC(F)(F)F)c2cccn12. The van der Waals surface area contributed by atoms with E-state index in [0.717, 1.165) is 6.07 Å². The zero-order valence-corrected chi connectivity index (χ0v) is 12.4. The van der Waals surface area contributed by atoms with Gasteiger partial charge in [0.2, 0.25) is 5.95 Å². The Balaban J connectivity index is 2.24. The molecule has 0 radical (unpaired) electrons. The first-order chi connectivity index (χ1) is 11.6. The van der Waals surface area contributed by atoms with E-state index in [2.05, 4.69) is 10.2 Å². The topological polar surface area (TPSA) is 56.2 Å². The van der Waals surface area contributed by atoms with Crippen molar-refractivity contribution >= 4 is 11.5 Å². The van der Waals surface area contributed by atoms with Crippen LogP contribution in [-0.4, -0.2) is 20.8 Å². The van der Waals surface area contributed by atoms with Crippen molar-refractivity contribution in [3.63, 3.8) is 0 Å². The van der Waals surface area contributed by atoms with Crippen molar-refractivity contribution in [2.24, 2.45) is 0 Å². The fraction of sp³-hybridized carbons (Fsp3) is 0.200. The molecule has 0 spiro atoms. The number of halogens is 6. The first-order valence-electron chi connectivity index (χ1n) is 6.93. The van der Waals surface area contributed by atoms with Crippen molar-refractivity contribution in [2.45, 2.75) is 18.8 Å². The van der Waals surface area contributed by atoms with Crippen LogP contribution in [0.15, 0.2) is 36.5 Å². The average Bonchev–Trinajstić information content (AvgIpc) is 2.96. The number of anilines is 1. The van der Waals surface area contributed by atoms with Gasteiger partial charge < -0.3 is 5.73 Å². The standard InChI is InChI=1S/C15H10F6N4/c16-14(17,18)7-8-6-9(15(19,20)21)3-4-10(8)12-11-2-1-5-25(11)13(22)24-23-12/h1-6H,7H2,(H2,22,24). The maximum Gasteiger partial charge on any atom is 0.416 e. The van der Waals surface area contributed by atoms with Crippen LogP contribution in [0.25, 0.3) is 16.8 Å². The molecule has 3 rings (SSSR count). The van der Waals surface area contributed by atoms with Crippen LogP contribution in [0.5, 0.6) is 0 Å². The number of hydrogen-bond acceptors (Lipinski definition) is 3. The molecule has 10 heteroatoms. The maximum atomic E-state index is 12.9. The molecule has 0 aliphatic rings. The zero-order valence-electron chi connectivity index (χ0n) is 12.4. The minimum Gasteiger partial charge on any atom is -0.368 e. The highest BCUT2D eigenvalue weighted by atomic mass is 19.4. The number of benzene rings is 1. The molecule has 2 aromatic heterocycles. The molecule has 0 aliphatic heterocycles. The van der Waals surface area contributed by atoms with Crippen LogP contribution in [0.4, 0.5) is 32.3 Å². The number of fused-ring (bicyclic) bond motifs is 1. The number of nitrogens with two attached hydrogens (primary N) is 1. The van der Waals surface area contributed by atoms with Crippen molar-refractivity contribution in [1.82, 2.24) is 14.6 Å². The maximum absolute atomic E-state index is 12.9. The molecule has 0 atom stereocenters. The summed E-state index contributed by atoms with van der Waals surface area (Å²) in [7, 11) is 0. The summed E-state index contributed by atoms with van der Waals surface area (Å²) in [6.45, 7) is 0. The highest BCUT2D eigenvalue weighted by Crippen LogP contribution is 2.36. The Morgan fingerprint density at radius 3 is 2.36 bits per heavy atom. The third kappa shape index (κ3) is 3.37. The van der Waals surface area contributed by atoms with Crippen molar-refractivity contribution in [2.75, 3.05) is 5.73 Å². The zero-order chi connectivity index (χ0) is 18.4. The number of hydrogen-bond donors (Lipinski definition) is 1. The van der Waals surface area contributed by atoms with E-state index in [1.165, 1.54) is 16.7 Å². The second-order valence-electron chi connectivity index (χ2n) is 5.33. The van der Waals surface area contributed by atoms with E-state index in [1.807, 2.05) is 0 Å². The molecule has 3 aromatic rings. The molecular formula is C15H10F6N4. The molecular weight excluding hydrogens is 350 g/mol. The van der Waals surface area contributed by atoms with Crippen molar-refractivity contribution in [3.8, 4) is 11.3 Å². The number of alkyl halides is 6. The van der Waals surface area contributed by atoms with Crippen molar-refractivity contribution in [3.05, 3.63) is 47.7 Å². The van der Waals surface area contributed by atoms with E-state index < -0.39 is 29.9 Å². The fourth-order valence-corrected chi connectivity index (χ4v) is 2.53. The predicted molar refractivity (Wildman–Crippen MR) is 77.6 cm³/mol. The quantitative estimate of drug-likeness (QED) is 0.700. The molecule has 1 aromatic carbocycles. The first-order valence-corrected chi connectivity index (χ1v) is 6.93. The highest BCUT2D eigenvalue weighted by molar-refractivity contribution is 5.79. The molecule has 25 heavy (non-hydrogen) atoms. The molecule has 0 saturated carbocycles. The lowest BCUT2D eigenvalue weighted by atomic mass is 9.98. The molecule has 2 heterocycles. The normalized spacial score (nSPS) is 12.7. The lowest BCUT2D eigenvalue weighted by Crippen LogP contribution is -2.15. The summed E-state index contributed by atoms with van der Waals surface area (Å²) >= 11 is 0. The van der Waals surface area contributed by atoms with E-state index >= 15 is 0 Å². The van der Waals surface area contributed by atoms with E-state index in [4.69, 9.17) is 5.73 Å². The van der Waals surface area contributed by atoms with Crippen LogP contribution < -0.4 is 5.73 Å². The Bertz CT molecular complexity index is 926. The molecule has 0 fully saturated rings. The van der Waals surface area contributed by atoms with Crippen LogP contribution in [0, 0.1) is 0 Å². The summed E-state index contributed by atoms with van der Waals surface area (Å²) in [5.74, 6) is 0.00744. The minimum atomic E-state index is -4.75. The van der Waals surface area contributed by atoms with E-state index in [1.54, 1.807) is 6.07 Å². The summed E-state index contributed by atoms with van der Waals surface area (Å²) in [6.07, 6.45) is -9.43. The fourth-order valence-electron chi connectivity index (χ4n) is 2.53. The smallest absolute Gasteiger partial charge is 0.368 e. The van der Waals surface area contributed by atoms with Gasteiger partial charge in [-0.05, 0) is 29.8 Å². The summed E-state index contributed by atoms with van der Waals surface area (Å²) in [6, 6.07) is 5.28. The number of nitrogens with zero attached hydrogens (tertiary/aromatic N) is 3. The number of rotatable bonds is 2. The first kappa shape index (κ1) is 17.1. The Hall–Kier alpha value is -2.78. The molecule has 0 unspecified atom stereocenters. The monoisotopic (exact) mass is 360 g/mol. The van der Waals surface area contributed by atoms with Crippen molar-refractivity contribution < 1.29 is 26.3 Å². The largest absolute Gasteiger partial charge is 0.416 e. The van der Waals surface area contributed by atoms with Crippen molar-refractivity contribution in [1.29, 1.82) is 0 Å².